The minimum atomic E-state index is -2.88. The summed E-state index contributed by atoms with van der Waals surface area (Å²) in [7, 11) is -2.88. The normalized spacial score (nSPS) is 13.8. The third kappa shape index (κ3) is 5.16. The molecule has 1 N–H and O–H groups in total. The minimum Gasteiger partial charge on any atom is -0.303 e. The van der Waals surface area contributed by atoms with Crippen molar-refractivity contribution in [2.45, 2.75) is 19.9 Å². The predicted octanol–water partition coefficient (Wildman–Crippen LogP) is 0.0324. The maximum atomic E-state index is 11.1. The van der Waals surface area contributed by atoms with Crippen molar-refractivity contribution in [2.24, 2.45) is 0 Å². The van der Waals surface area contributed by atoms with Gasteiger partial charge in [0.2, 0.25) is 0 Å². The highest BCUT2D eigenvalue weighted by atomic mass is 32.2. The first-order chi connectivity index (χ1) is 5.52. The molecule has 0 bridgehead atoms. The van der Waals surface area contributed by atoms with Gasteiger partial charge >= 0.3 is 0 Å². The topological polar surface area (TPSA) is 46.2 Å². The third-order valence-corrected chi connectivity index (χ3v) is 3.38. The Bertz CT molecular complexity index is 251. The van der Waals surface area contributed by atoms with Crippen LogP contribution in [0.1, 0.15) is 13.8 Å². The number of nitrogens with one attached hydrogen (secondary N) is 1. The molecule has 1 unspecified atom stereocenters. The van der Waals surface area contributed by atoms with E-state index in [1.807, 2.05) is 6.92 Å². The molecule has 3 nitrogen and oxygen atoms in total. The van der Waals surface area contributed by atoms with Gasteiger partial charge in [0.25, 0.3) is 0 Å². The highest BCUT2D eigenvalue weighted by Gasteiger charge is 2.12. The van der Waals surface area contributed by atoms with E-state index in [-0.39, 0.29) is 17.5 Å². The monoisotopic (exact) mass is 189 g/mol. The molecule has 70 valence electrons. The van der Waals surface area contributed by atoms with Gasteiger partial charge in [-0.3, -0.25) is 0 Å². The molecule has 0 aliphatic carbocycles. The minimum absolute atomic E-state index is 0.0639. The lowest BCUT2D eigenvalue weighted by atomic mass is 10.4. The maximum absolute atomic E-state index is 11.1. The van der Waals surface area contributed by atoms with Crippen molar-refractivity contribution in [3.05, 3.63) is 0 Å². The van der Waals surface area contributed by atoms with E-state index in [4.69, 9.17) is 6.42 Å². The zero-order chi connectivity index (χ0) is 9.61. The summed E-state index contributed by atoms with van der Waals surface area (Å²) in [5.74, 6) is 2.74. The summed E-state index contributed by atoms with van der Waals surface area (Å²) >= 11 is 0. The third-order valence-electron chi connectivity index (χ3n) is 1.50. The average Bonchev–Trinajstić information content (AvgIpc) is 2.00. The number of terminal acetylenes is 1. The Kier molecular flexibility index (Phi) is 4.95. The van der Waals surface area contributed by atoms with Gasteiger partial charge in [0.05, 0.1) is 12.3 Å². The van der Waals surface area contributed by atoms with E-state index in [0.717, 1.165) is 0 Å². The van der Waals surface area contributed by atoms with Gasteiger partial charge in [0, 0.05) is 11.8 Å². The van der Waals surface area contributed by atoms with Crippen molar-refractivity contribution in [1.82, 2.24) is 5.32 Å². The summed E-state index contributed by atoms with van der Waals surface area (Å²) in [5, 5.41) is 2.91. The van der Waals surface area contributed by atoms with Crippen molar-refractivity contribution in [1.29, 1.82) is 0 Å². The second kappa shape index (κ2) is 5.18. The van der Waals surface area contributed by atoms with Crippen molar-refractivity contribution < 1.29 is 8.42 Å². The molecule has 0 amide bonds. The first-order valence-corrected chi connectivity index (χ1v) is 5.71. The summed E-state index contributed by atoms with van der Waals surface area (Å²) in [6.45, 7) is 3.87. The van der Waals surface area contributed by atoms with E-state index in [2.05, 4.69) is 11.2 Å². The Balaban J connectivity index is 3.86. The fourth-order valence-electron chi connectivity index (χ4n) is 0.791. The lowest BCUT2D eigenvalue weighted by Crippen LogP contribution is -2.33. The quantitative estimate of drug-likeness (QED) is 0.621. The summed E-state index contributed by atoms with van der Waals surface area (Å²) in [4.78, 5) is 0. The van der Waals surface area contributed by atoms with Crippen LogP contribution in [0.5, 0.6) is 0 Å². The van der Waals surface area contributed by atoms with Crippen LogP contribution in [0.25, 0.3) is 0 Å². The molecule has 0 radical (unpaired) electrons. The largest absolute Gasteiger partial charge is 0.303 e. The highest BCUT2D eigenvalue weighted by molar-refractivity contribution is 7.91. The van der Waals surface area contributed by atoms with Crippen LogP contribution >= 0.6 is 0 Å². The molecule has 0 aliphatic rings. The molecule has 0 fully saturated rings. The fraction of sp³-hybridized carbons (Fsp3) is 0.750. The molecule has 0 aromatic carbocycles. The molecule has 0 aliphatic heterocycles. The predicted molar refractivity (Wildman–Crippen MR) is 50.6 cm³/mol. The summed E-state index contributed by atoms with van der Waals surface area (Å²) < 4.78 is 22.2. The lowest BCUT2D eigenvalue weighted by Gasteiger charge is -2.10. The lowest BCUT2D eigenvalue weighted by molar-refractivity contribution is 0.574. The van der Waals surface area contributed by atoms with Crippen LogP contribution in [-0.4, -0.2) is 32.5 Å². The van der Waals surface area contributed by atoms with Crippen LogP contribution in [0, 0.1) is 12.3 Å². The van der Waals surface area contributed by atoms with Crippen LogP contribution in [0.3, 0.4) is 0 Å². The molecule has 1 atom stereocenters. The van der Waals surface area contributed by atoms with Gasteiger partial charge in [-0.05, 0) is 6.92 Å². The molecule has 4 heteroatoms. The van der Waals surface area contributed by atoms with Crippen LogP contribution < -0.4 is 5.32 Å². The zero-order valence-corrected chi connectivity index (χ0v) is 8.32. The van der Waals surface area contributed by atoms with Gasteiger partial charge in [0.15, 0.2) is 9.84 Å². The van der Waals surface area contributed by atoms with E-state index in [1.165, 1.54) is 0 Å². The molecule has 0 heterocycles. The summed E-state index contributed by atoms with van der Waals surface area (Å²) in [6, 6.07) is -0.0639. The number of rotatable bonds is 5. The number of hydrogen-bond donors (Lipinski definition) is 1. The first kappa shape index (κ1) is 11.5. The van der Waals surface area contributed by atoms with E-state index >= 15 is 0 Å². The molecule has 0 saturated carbocycles. The van der Waals surface area contributed by atoms with Crippen LogP contribution in [0.15, 0.2) is 0 Å². The van der Waals surface area contributed by atoms with Gasteiger partial charge in [0.1, 0.15) is 0 Å². The summed E-state index contributed by atoms with van der Waals surface area (Å²) in [5.41, 5.74) is 0. The second-order valence-electron chi connectivity index (χ2n) is 2.68. The molecule has 0 rings (SSSR count). The Morgan fingerprint density at radius 1 is 1.58 bits per heavy atom. The highest BCUT2D eigenvalue weighted by Crippen LogP contribution is 1.93. The zero-order valence-electron chi connectivity index (χ0n) is 7.50. The van der Waals surface area contributed by atoms with Crippen molar-refractivity contribution in [3.8, 4) is 12.3 Å². The van der Waals surface area contributed by atoms with Crippen LogP contribution in [0.2, 0.25) is 0 Å². The molecule has 0 aromatic heterocycles. The average molecular weight is 189 g/mol. The van der Waals surface area contributed by atoms with Gasteiger partial charge < -0.3 is 5.32 Å². The molecule has 0 saturated heterocycles. The fourth-order valence-corrected chi connectivity index (χ4v) is 1.91. The number of hydrogen-bond acceptors (Lipinski definition) is 3. The Morgan fingerprint density at radius 3 is 2.58 bits per heavy atom. The second-order valence-corrected chi connectivity index (χ2v) is 5.08. The summed E-state index contributed by atoms with van der Waals surface area (Å²) in [6.07, 6.45) is 5.01. The van der Waals surface area contributed by atoms with Crippen molar-refractivity contribution in [3.63, 3.8) is 0 Å². The van der Waals surface area contributed by atoms with Gasteiger partial charge in [-0.25, -0.2) is 8.42 Å². The van der Waals surface area contributed by atoms with Crippen molar-refractivity contribution in [2.75, 3.05) is 18.1 Å². The Hall–Kier alpha value is -0.530. The molecular formula is C8H15NO2S. The smallest absolute Gasteiger partial charge is 0.151 e. The van der Waals surface area contributed by atoms with Crippen LogP contribution in [0.4, 0.5) is 0 Å². The number of sulfone groups is 1. The van der Waals surface area contributed by atoms with Gasteiger partial charge in [-0.1, -0.05) is 12.8 Å². The molecule has 0 aromatic rings. The SMILES string of the molecule is C#CCNC(C)CS(=O)(=O)CC. The molecular weight excluding hydrogens is 174 g/mol. The standard InChI is InChI=1S/C8H15NO2S/c1-4-6-9-8(3)7-12(10,11)5-2/h1,8-9H,5-7H2,2-3H3. The van der Waals surface area contributed by atoms with E-state index in [0.29, 0.717) is 6.54 Å². The van der Waals surface area contributed by atoms with E-state index in [1.54, 1.807) is 6.92 Å². The maximum Gasteiger partial charge on any atom is 0.151 e. The van der Waals surface area contributed by atoms with Crippen LogP contribution in [-0.2, 0) is 9.84 Å². The first-order valence-electron chi connectivity index (χ1n) is 3.89. The molecule has 0 spiro atoms. The van der Waals surface area contributed by atoms with Gasteiger partial charge in [-0.2, -0.15) is 0 Å². The van der Waals surface area contributed by atoms with Crippen molar-refractivity contribution >= 4 is 9.84 Å². The van der Waals surface area contributed by atoms with Gasteiger partial charge in [-0.15, -0.1) is 6.42 Å². The Labute approximate surface area is 74.5 Å². The van der Waals surface area contributed by atoms with E-state index < -0.39 is 9.84 Å². The molecule has 12 heavy (non-hydrogen) atoms. The van der Waals surface area contributed by atoms with E-state index in [9.17, 15) is 8.42 Å². The Morgan fingerprint density at radius 2 is 2.17 bits per heavy atom.